The normalized spacial score (nSPS) is 35.3. The van der Waals surface area contributed by atoms with E-state index in [-0.39, 0.29) is 40.6 Å². The molecule has 1 fully saturated rings. The monoisotopic (exact) mass is 487 g/mol. The highest BCUT2D eigenvalue weighted by Gasteiger charge is 2.65. The topological polar surface area (TPSA) is 76.1 Å². The Morgan fingerprint density at radius 1 is 1.12 bits per heavy atom. The number of Topliss-reactive ketones (excluding diaryl/α,β-unsaturated/α-hetero) is 1. The molecule has 0 spiro atoms. The average molecular weight is 488 g/mol. The quantitative estimate of drug-likeness (QED) is 0.591. The molecular formula is C27H41NO5Si. The van der Waals surface area contributed by atoms with Gasteiger partial charge in [0.15, 0.2) is 14.1 Å². The third-order valence-electron chi connectivity index (χ3n) is 9.44. The van der Waals surface area contributed by atoms with Gasteiger partial charge in [0.05, 0.1) is 30.9 Å². The first-order chi connectivity index (χ1) is 15.7. The van der Waals surface area contributed by atoms with Crippen molar-refractivity contribution in [3.05, 3.63) is 23.3 Å². The molecule has 0 aromatic heterocycles. The Morgan fingerprint density at radius 2 is 1.74 bits per heavy atom. The van der Waals surface area contributed by atoms with Gasteiger partial charge in [-0.1, -0.05) is 48.5 Å². The van der Waals surface area contributed by atoms with Crippen LogP contribution in [0.25, 0.3) is 0 Å². The van der Waals surface area contributed by atoms with E-state index in [1.807, 2.05) is 26.0 Å². The Morgan fingerprint density at radius 3 is 2.26 bits per heavy atom. The highest BCUT2D eigenvalue weighted by Crippen LogP contribution is 2.61. The van der Waals surface area contributed by atoms with E-state index in [4.69, 9.17) is 9.16 Å². The fourth-order valence-electron chi connectivity index (χ4n) is 6.41. The maximum atomic E-state index is 14.2. The number of aliphatic hydroxyl groups excluding tert-OH is 1. The molecule has 7 heteroatoms. The van der Waals surface area contributed by atoms with Crippen LogP contribution in [0.4, 0.5) is 5.69 Å². The smallest absolute Gasteiger partial charge is 0.233 e. The first kappa shape index (κ1) is 25.4. The number of hydrogen-bond donors (Lipinski definition) is 1. The summed E-state index contributed by atoms with van der Waals surface area (Å²) in [5.74, 6) is -0.660. The molecule has 7 atom stereocenters. The van der Waals surface area contributed by atoms with Gasteiger partial charge in [0.1, 0.15) is 11.3 Å². The average Bonchev–Trinajstić information content (AvgIpc) is 3.11. The third kappa shape index (κ3) is 3.12. The van der Waals surface area contributed by atoms with E-state index in [9.17, 15) is 14.7 Å². The number of methoxy groups -OCH3 is 1. The van der Waals surface area contributed by atoms with Gasteiger partial charge in [-0.2, -0.15) is 0 Å². The molecule has 34 heavy (non-hydrogen) atoms. The first-order valence-electron chi connectivity index (χ1n) is 12.6. The molecule has 1 aromatic rings. The summed E-state index contributed by atoms with van der Waals surface area (Å²) >= 11 is 0. The molecule has 0 saturated carbocycles. The summed E-state index contributed by atoms with van der Waals surface area (Å²) in [7, 11) is -0.509. The van der Waals surface area contributed by atoms with Crippen LogP contribution in [0.15, 0.2) is 12.1 Å². The second-order valence-corrected chi connectivity index (χ2v) is 16.9. The number of nitrogens with zero attached hydrogens (tertiary/aromatic N) is 1. The molecule has 1 saturated heterocycles. The van der Waals surface area contributed by atoms with Gasteiger partial charge in [-0.3, -0.25) is 14.5 Å². The number of rotatable bonds is 4. The molecule has 3 aliphatic rings. The number of fused-ring (bicyclic) bond motifs is 2. The Hall–Kier alpha value is -1.70. The lowest BCUT2D eigenvalue weighted by atomic mass is 9.73. The van der Waals surface area contributed by atoms with Gasteiger partial charge in [-0.05, 0) is 47.7 Å². The van der Waals surface area contributed by atoms with Crippen LogP contribution >= 0.6 is 0 Å². The van der Waals surface area contributed by atoms with Crippen molar-refractivity contribution in [1.82, 2.24) is 0 Å². The van der Waals surface area contributed by atoms with Gasteiger partial charge in [0, 0.05) is 17.9 Å². The zero-order chi connectivity index (χ0) is 25.5. The number of benzene rings is 1. The number of aliphatic hydroxyl groups is 1. The van der Waals surface area contributed by atoms with Crippen LogP contribution in [0.5, 0.6) is 5.75 Å². The second-order valence-electron chi connectivity index (χ2n) is 12.2. The SMILES string of the molecule is CC[C@@]12C(=O)[C@@H](C)[C@H]3c4c(cc(OC)cc4N1C(=O)[C@H](C)[C@H]2O)[C@H](O[Si](C)(C)C(C)(C)C)[C@@H]3C. The molecule has 0 unspecified atom stereocenters. The van der Waals surface area contributed by atoms with Crippen LogP contribution in [0.2, 0.25) is 18.1 Å². The van der Waals surface area contributed by atoms with Crippen molar-refractivity contribution in [3.8, 4) is 5.75 Å². The van der Waals surface area contributed by atoms with E-state index in [2.05, 4.69) is 40.8 Å². The number of anilines is 1. The van der Waals surface area contributed by atoms with Crippen LogP contribution in [0.1, 0.15) is 78.0 Å². The number of ketones is 1. The van der Waals surface area contributed by atoms with E-state index in [0.29, 0.717) is 17.9 Å². The minimum Gasteiger partial charge on any atom is -0.497 e. The highest BCUT2D eigenvalue weighted by molar-refractivity contribution is 6.74. The molecule has 6 nitrogen and oxygen atoms in total. The van der Waals surface area contributed by atoms with Gasteiger partial charge in [0.25, 0.3) is 0 Å². The van der Waals surface area contributed by atoms with Crippen LogP contribution in [-0.4, -0.2) is 43.9 Å². The number of amides is 1. The number of hydrogen-bond acceptors (Lipinski definition) is 5. The Kier molecular flexibility index (Phi) is 5.90. The van der Waals surface area contributed by atoms with Gasteiger partial charge in [-0.15, -0.1) is 0 Å². The van der Waals surface area contributed by atoms with Gasteiger partial charge in [-0.25, -0.2) is 0 Å². The van der Waals surface area contributed by atoms with Crippen molar-refractivity contribution in [3.63, 3.8) is 0 Å². The maximum absolute atomic E-state index is 14.2. The van der Waals surface area contributed by atoms with Crippen LogP contribution in [-0.2, 0) is 14.0 Å². The maximum Gasteiger partial charge on any atom is 0.233 e. The minimum absolute atomic E-state index is 0.0347. The molecule has 0 radical (unpaired) electrons. The Labute approximate surface area is 205 Å². The predicted molar refractivity (Wildman–Crippen MR) is 136 cm³/mol. The van der Waals surface area contributed by atoms with Gasteiger partial charge in [0.2, 0.25) is 5.91 Å². The molecule has 0 bridgehead atoms. The lowest BCUT2D eigenvalue weighted by molar-refractivity contribution is -0.132. The molecule has 4 rings (SSSR count). The van der Waals surface area contributed by atoms with Crippen LogP contribution < -0.4 is 9.64 Å². The summed E-state index contributed by atoms with van der Waals surface area (Å²) in [6.07, 6.45) is -0.862. The van der Waals surface area contributed by atoms with Crippen molar-refractivity contribution in [2.75, 3.05) is 12.0 Å². The highest BCUT2D eigenvalue weighted by atomic mass is 28.4. The molecule has 1 aliphatic carbocycles. The Bertz CT molecular complexity index is 1030. The zero-order valence-electron chi connectivity index (χ0n) is 22.4. The van der Waals surface area contributed by atoms with E-state index in [1.54, 1.807) is 18.9 Å². The first-order valence-corrected chi connectivity index (χ1v) is 15.5. The van der Waals surface area contributed by atoms with Crippen molar-refractivity contribution >= 4 is 25.7 Å². The summed E-state index contributed by atoms with van der Waals surface area (Å²) in [5, 5.41) is 11.3. The number of carbonyl (C=O) groups excluding carboxylic acids is 2. The minimum atomic E-state index is -2.13. The lowest BCUT2D eigenvalue weighted by Gasteiger charge is -2.41. The number of ether oxygens (including phenoxy) is 1. The van der Waals surface area contributed by atoms with Crippen molar-refractivity contribution < 1.29 is 23.9 Å². The third-order valence-corrected chi connectivity index (χ3v) is 13.9. The Balaban J connectivity index is 2.01. The molecule has 1 amide bonds. The molecule has 1 aromatic carbocycles. The predicted octanol–water partition coefficient (Wildman–Crippen LogP) is 5.20. The van der Waals surface area contributed by atoms with Crippen molar-refractivity contribution in [1.29, 1.82) is 0 Å². The molecule has 2 heterocycles. The summed E-state index contributed by atoms with van der Waals surface area (Å²) in [6, 6.07) is 3.91. The summed E-state index contributed by atoms with van der Waals surface area (Å²) in [5.41, 5.74) is 1.49. The van der Waals surface area contributed by atoms with Gasteiger partial charge >= 0.3 is 0 Å². The van der Waals surface area contributed by atoms with E-state index >= 15 is 0 Å². The molecule has 1 N–H and O–H groups in total. The van der Waals surface area contributed by atoms with Crippen LogP contribution in [0.3, 0.4) is 0 Å². The largest absolute Gasteiger partial charge is 0.497 e. The molecule has 188 valence electrons. The lowest BCUT2D eigenvalue weighted by Crippen LogP contribution is -2.59. The summed E-state index contributed by atoms with van der Waals surface area (Å²) in [6.45, 7) is 18.9. The summed E-state index contributed by atoms with van der Waals surface area (Å²) < 4.78 is 12.7. The van der Waals surface area contributed by atoms with Crippen molar-refractivity contribution in [2.45, 2.75) is 96.7 Å². The molecule has 2 aliphatic heterocycles. The summed E-state index contributed by atoms with van der Waals surface area (Å²) in [4.78, 5) is 29.4. The van der Waals surface area contributed by atoms with E-state index < -0.39 is 25.9 Å². The zero-order valence-corrected chi connectivity index (χ0v) is 23.4. The fraction of sp³-hybridized carbons (Fsp3) is 0.704. The standard InChI is InChI=1S/C27H41NO5Si/c1-11-27-23(29)15(3)20-14(2)22(33-34(9,10)26(5,6)7)18-12-17(32-8)13-19(21(18)20)28(27)25(31)16(4)24(27)30/h12-16,20,22,24,30H,11H2,1-10H3/t14-,15+,16-,20+,22-,24-,27+/m1/s1. The fourth-order valence-corrected chi connectivity index (χ4v) is 7.74. The number of carbonyl (C=O) groups is 2. The van der Waals surface area contributed by atoms with Crippen molar-refractivity contribution in [2.24, 2.45) is 17.8 Å². The molecular weight excluding hydrogens is 446 g/mol. The van der Waals surface area contributed by atoms with Crippen LogP contribution in [0, 0.1) is 17.8 Å². The van der Waals surface area contributed by atoms with E-state index in [1.165, 1.54) is 0 Å². The second kappa shape index (κ2) is 7.90. The van der Waals surface area contributed by atoms with Gasteiger partial charge < -0.3 is 14.3 Å². The van der Waals surface area contributed by atoms with E-state index in [0.717, 1.165) is 11.1 Å².